The van der Waals surface area contributed by atoms with E-state index in [1.54, 1.807) is 6.07 Å². The average Bonchev–Trinajstić information content (AvgIpc) is 2.62. The van der Waals surface area contributed by atoms with Crippen LogP contribution in [0.2, 0.25) is 0 Å². The van der Waals surface area contributed by atoms with Crippen LogP contribution in [-0.2, 0) is 0 Å². The molecule has 1 aliphatic carbocycles. The van der Waals surface area contributed by atoms with E-state index in [0.717, 1.165) is 11.5 Å². The minimum Gasteiger partial charge on any atom is -0.506 e. The first-order chi connectivity index (χ1) is 12.1. The molecule has 1 fully saturated rings. The van der Waals surface area contributed by atoms with E-state index >= 15 is 0 Å². The highest BCUT2D eigenvalue weighted by Gasteiger charge is 2.21. The lowest BCUT2D eigenvalue weighted by Crippen LogP contribution is -2.13. The van der Waals surface area contributed by atoms with E-state index in [2.05, 4.69) is 19.1 Å². The second kappa shape index (κ2) is 7.70. The van der Waals surface area contributed by atoms with Crippen molar-refractivity contribution in [3.8, 4) is 22.9 Å². The van der Waals surface area contributed by atoms with Crippen LogP contribution in [0.25, 0.3) is 11.1 Å². The van der Waals surface area contributed by atoms with Crippen molar-refractivity contribution in [1.82, 2.24) is 0 Å². The topological polar surface area (TPSA) is 44.0 Å². The van der Waals surface area contributed by atoms with Gasteiger partial charge in [0.2, 0.25) is 0 Å². The maximum absolute atomic E-state index is 13.9. The first kappa shape index (κ1) is 17.5. The minimum atomic E-state index is -0.684. The highest BCUT2D eigenvalue weighted by Crippen LogP contribution is 2.38. The monoisotopic (exact) mass is 337 g/mol. The smallest absolute Gasteiger partial charge is 0.145 e. The van der Waals surface area contributed by atoms with Gasteiger partial charge in [0, 0.05) is 0 Å². The average molecular weight is 337 g/mol. The number of rotatable bonds is 4. The second-order valence-corrected chi connectivity index (χ2v) is 7.09. The van der Waals surface area contributed by atoms with Crippen molar-refractivity contribution in [2.24, 2.45) is 5.92 Å². The van der Waals surface area contributed by atoms with Crippen molar-refractivity contribution in [2.45, 2.75) is 51.4 Å². The number of aromatic hydroxyl groups is 1. The van der Waals surface area contributed by atoms with Gasteiger partial charge in [-0.1, -0.05) is 44.0 Å². The Morgan fingerprint density at radius 3 is 2.32 bits per heavy atom. The number of phenolic OH excluding ortho intramolecular Hbond substituents is 1. The summed E-state index contributed by atoms with van der Waals surface area (Å²) in [4.78, 5) is 0. The Morgan fingerprint density at radius 1 is 1.08 bits per heavy atom. The zero-order chi connectivity index (χ0) is 17.8. The van der Waals surface area contributed by atoms with Crippen LogP contribution < -0.4 is 0 Å². The molecule has 2 nitrogen and oxygen atoms in total. The molecule has 0 radical (unpaired) electrons. The first-order valence-corrected chi connectivity index (χ1v) is 9.15. The number of phenols is 1. The maximum Gasteiger partial charge on any atom is 0.145 e. The van der Waals surface area contributed by atoms with Gasteiger partial charge in [0.15, 0.2) is 0 Å². The molecule has 25 heavy (non-hydrogen) atoms. The van der Waals surface area contributed by atoms with E-state index in [0.29, 0.717) is 11.5 Å². The van der Waals surface area contributed by atoms with Gasteiger partial charge >= 0.3 is 0 Å². The molecule has 130 valence electrons. The van der Waals surface area contributed by atoms with Crippen LogP contribution in [0.3, 0.4) is 0 Å². The van der Waals surface area contributed by atoms with Gasteiger partial charge in [0.1, 0.15) is 23.2 Å². The fourth-order valence-corrected chi connectivity index (χ4v) is 4.01. The van der Waals surface area contributed by atoms with Crippen molar-refractivity contribution in [1.29, 1.82) is 5.26 Å². The Labute approximate surface area is 148 Å². The molecule has 1 saturated carbocycles. The fourth-order valence-electron chi connectivity index (χ4n) is 4.01. The predicted octanol–water partition coefficient (Wildman–Crippen LogP) is 6.14. The predicted molar refractivity (Wildman–Crippen MR) is 97.8 cm³/mol. The molecule has 0 amide bonds. The molecule has 3 rings (SSSR count). The molecule has 0 atom stereocenters. The number of hydrogen-bond donors (Lipinski definition) is 1. The number of nitriles is 1. The molecule has 0 heterocycles. The Morgan fingerprint density at radius 2 is 1.76 bits per heavy atom. The van der Waals surface area contributed by atoms with E-state index in [1.807, 2.05) is 12.1 Å². The lowest BCUT2D eigenvalue weighted by Gasteiger charge is -2.28. The summed E-state index contributed by atoms with van der Waals surface area (Å²) in [6, 6.07) is 12.6. The Balaban J connectivity index is 1.74. The third-order valence-corrected chi connectivity index (χ3v) is 5.44. The molecule has 0 unspecified atom stereocenters. The molecule has 0 bridgehead atoms. The Bertz CT molecular complexity index is 745. The van der Waals surface area contributed by atoms with Gasteiger partial charge < -0.3 is 5.11 Å². The maximum atomic E-state index is 13.9. The van der Waals surface area contributed by atoms with Gasteiger partial charge in [-0.2, -0.15) is 5.26 Å². The summed E-state index contributed by atoms with van der Waals surface area (Å²) in [5.41, 5.74) is 2.48. The van der Waals surface area contributed by atoms with Gasteiger partial charge in [0.25, 0.3) is 0 Å². The summed E-state index contributed by atoms with van der Waals surface area (Å²) in [7, 11) is 0. The summed E-state index contributed by atoms with van der Waals surface area (Å²) in [5, 5.41) is 18.6. The molecule has 2 aromatic rings. The SMILES string of the molecule is CCCC1CCC(c2ccc(-c3cc(O)c(C#N)c(F)c3)cc2)CC1. The molecule has 0 saturated heterocycles. The van der Waals surface area contributed by atoms with Gasteiger partial charge in [-0.25, -0.2) is 4.39 Å². The minimum absolute atomic E-state index is 0.302. The highest BCUT2D eigenvalue weighted by atomic mass is 19.1. The lowest BCUT2D eigenvalue weighted by atomic mass is 9.77. The molecule has 1 N–H and O–H groups in total. The summed E-state index contributed by atoms with van der Waals surface area (Å²) >= 11 is 0. The molecule has 3 heteroatoms. The van der Waals surface area contributed by atoms with Crippen LogP contribution in [0.1, 0.15) is 62.5 Å². The molecular formula is C22H24FNO. The van der Waals surface area contributed by atoms with E-state index in [9.17, 15) is 9.50 Å². The molecule has 0 aromatic heterocycles. The van der Waals surface area contributed by atoms with E-state index < -0.39 is 5.82 Å². The van der Waals surface area contributed by atoms with Crippen molar-refractivity contribution < 1.29 is 9.50 Å². The Kier molecular flexibility index (Phi) is 5.38. The molecule has 0 aliphatic heterocycles. The van der Waals surface area contributed by atoms with Crippen LogP contribution >= 0.6 is 0 Å². The zero-order valence-electron chi connectivity index (χ0n) is 14.6. The van der Waals surface area contributed by atoms with E-state index in [-0.39, 0.29) is 11.3 Å². The summed E-state index contributed by atoms with van der Waals surface area (Å²) in [6.45, 7) is 2.26. The highest BCUT2D eigenvalue weighted by molar-refractivity contribution is 5.67. The number of halogens is 1. The standard InChI is InChI=1S/C22H24FNO/c1-2-3-15-4-6-16(7-5-15)17-8-10-18(11-9-17)19-12-21(23)20(14-24)22(25)13-19/h8-13,15-16,25H,2-7H2,1H3. The summed E-state index contributed by atoms with van der Waals surface area (Å²) in [6.07, 6.45) is 7.74. The third kappa shape index (κ3) is 3.85. The van der Waals surface area contributed by atoms with Gasteiger partial charge in [-0.05, 0) is 66.3 Å². The number of hydrogen-bond acceptors (Lipinski definition) is 2. The fraction of sp³-hybridized carbons (Fsp3) is 0.409. The molecule has 0 spiro atoms. The van der Waals surface area contributed by atoms with Crippen LogP contribution in [-0.4, -0.2) is 5.11 Å². The first-order valence-electron chi connectivity index (χ1n) is 9.15. The quantitative estimate of drug-likeness (QED) is 0.728. The number of benzene rings is 2. The van der Waals surface area contributed by atoms with Gasteiger partial charge in [-0.3, -0.25) is 0 Å². The Hall–Kier alpha value is -2.34. The molecule has 1 aliphatic rings. The van der Waals surface area contributed by atoms with Crippen molar-refractivity contribution in [3.05, 3.63) is 53.3 Å². The largest absolute Gasteiger partial charge is 0.506 e. The van der Waals surface area contributed by atoms with Gasteiger partial charge in [0.05, 0.1) is 0 Å². The van der Waals surface area contributed by atoms with Crippen molar-refractivity contribution in [2.75, 3.05) is 0 Å². The summed E-state index contributed by atoms with van der Waals surface area (Å²) < 4.78 is 13.9. The number of nitrogens with zero attached hydrogens (tertiary/aromatic N) is 1. The van der Waals surface area contributed by atoms with Crippen LogP contribution in [0.5, 0.6) is 5.75 Å². The normalized spacial score (nSPS) is 20.2. The van der Waals surface area contributed by atoms with Crippen molar-refractivity contribution in [3.63, 3.8) is 0 Å². The zero-order valence-corrected chi connectivity index (χ0v) is 14.6. The lowest BCUT2D eigenvalue weighted by molar-refractivity contribution is 0.308. The van der Waals surface area contributed by atoms with Crippen molar-refractivity contribution >= 4 is 0 Å². The summed E-state index contributed by atoms with van der Waals surface area (Å²) in [5.74, 6) is 0.519. The third-order valence-electron chi connectivity index (χ3n) is 5.44. The van der Waals surface area contributed by atoms with Gasteiger partial charge in [-0.15, -0.1) is 0 Å². The van der Waals surface area contributed by atoms with E-state index in [1.165, 1.54) is 56.2 Å². The van der Waals surface area contributed by atoms with Crippen LogP contribution in [0.4, 0.5) is 4.39 Å². The van der Waals surface area contributed by atoms with E-state index in [4.69, 9.17) is 5.26 Å². The molecular weight excluding hydrogens is 313 g/mol. The van der Waals surface area contributed by atoms with Crippen LogP contribution in [0, 0.1) is 23.1 Å². The molecule has 2 aromatic carbocycles. The second-order valence-electron chi connectivity index (χ2n) is 7.09. The van der Waals surface area contributed by atoms with Crippen LogP contribution in [0.15, 0.2) is 36.4 Å².